The summed E-state index contributed by atoms with van der Waals surface area (Å²) in [5.41, 5.74) is 7.55. The molecular weight excluding hydrogens is 330 g/mol. The van der Waals surface area contributed by atoms with E-state index in [0.29, 0.717) is 21.6 Å². The third-order valence-electron chi connectivity index (χ3n) is 3.31. The lowest BCUT2D eigenvalue weighted by atomic mass is 10.2. The fourth-order valence-electron chi connectivity index (χ4n) is 1.99. The molecule has 2 aromatic rings. The normalized spacial score (nSPS) is 15.1. The Bertz CT molecular complexity index is 774. The van der Waals surface area contributed by atoms with Crippen LogP contribution >= 0.6 is 22.9 Å². The molecular formula is C13H14ClN3O2S2. The Labute approximate surface area is 132 Å². The van der Waals surface area contributed by atoms with Crippen molar-refractivity contribution in [2.75, 3.05) is 10.5 Å². The van der Waals surface area contributed by atoms with Crippen LogP contribution < -0.4 is 10.5 Å². The van der Waals surface area contributed by atoms with E-state index in [1.165, 1.54) is 23.5 Å². The second-order valence-corrected chi connectivity index (χ2v) is 8.02. The molecule has 1 aromatic heterocycles. The summed E-state index contributed by atoms with van der Waals surface area (Å²) in [5.74, 6) is 0.493. The Morgan fingerprint density at radius 1 is 1.43 bits per heavy atom. The summed E-state index contributed by atoms with van der Waals surface area (Å²) < 4.78 is 27.2. The molecule has 21 heavy (non-hydrogen) atoms. The first kappa shape index (κ1) is 14.6. The van der Waals surface area contributed by atoms with Crippen molar-refractivity contribution in [3.63, 3.8) is 0 Å². The molecule has 3 N–H and O–H groups in total. The molecule has 1 heterocycles. The third-order valence-corrected chi connectivity index (χ3v) is 6.05. The Hall–Kier alpha value is -1.31. The van der Waals surface area contributed by atoms with Gasteiger partial charge in [0, 0.05) is 11.3 Å². The Balaban J connectivity index is 1.88. The van der Waals surface area contributed by atoms with Gasteiger partial charge in [-0.1, -0.05) is 11.6 Å². The average Bonchev–Trinajstić information content (AvgIpc) is 3.16. The minimum Gasteiger partial charge on any atom is -0.397 e. The van der Waals surface area contributed by atoms with Gasteiger partial charge < -0.3 is 5.73 Å². The highest BCUT2D eigenvalue weighted by Gasteiger charge is 2.27. The predicted molar refractivity (Wildman–Crippen MR) is 85.5 cm³/mol. The molecule has 0 amide bonds. The van der Waals surface area contributed by atoms with Gasteiger partial charge in [-0.3, -0.25) is 4.72 Å². The van der Waals surface area contributed by atoms with Crippen molar-refractivity contribution in [3.8, 4) is 0 Å². The van der Waals surface area contributed by atoms with Gasteiger partial charge in [-0.15, -0.1) is 11.3 Å². The zero-order valence-corrected chi connectivity index (χ0v) is 13.6. The van der Waals surface area contributed by atoms with Crippen LogP contribution in [0.5, 0.6) is 0 Å². The Kier molecular flexibility index (Phi) is 3.59. The number of halogens is 1. The lowest BCUT2D eigenvalue weighted by Gasteiger charge is -2.09. The maximum absolute atomic E-state index is 12.4. The zero-order valence-electron chi connectivity index (χ0n) is 11.3. The van der Waals surface area contributed by atoms with Gasteiger partial charge >= 0.3 is 0 Å². The number of nitrogen functional groups attached to an aromatic ring is 1. The number of rotatable bonds is 4. The molecule has 0 atom stereocenters. The van der Waals surface area contributed by atoms with Crippen LogP contribution in [0.3, 0.4) is 0 Å². The Morgan fingerprint density at radius 3 is 2.76 bits per heavy atom. The number of aromatic nitrogens is 1. The molecule has 8 heteroatoms. The second kappa shape index (κ2) is 5.15. The number of aryl methyl sites for hydroxylation is 1. The number of hydrogen-bond donors (Lipinski definition) is 2. The third kappa shape index (κ3) is 3.00. The summed E-state index contributed by atoms with van der Waals surface area (Å²) in [6, 6.07) is 2.85. The van der Waals surface area contributed by atoms with E-state index in [4.69, 9.17) is 17.3 Å². The summed E-state index contributed by atoms with van der Waals surface area (Å²) in [6.07, 6.45) is 2.26. The van der Waals surface area contributed by atoms with E-state index in [2.05, 4.69) is 9.71 Å². The van der Waals surface area contributed by atoms with Crippen LogP contribution in [0.25, 0.3) is 0 Å². The van der Waals surface area contributed by atoms with Gasteiger partial charge in [0.2, 0.25) is 0 Å². The maximum atomic E-state index is 12.4. The van der Waals surface area contributed by atoms with E-state index >= 15 is 0 Å². The number of thiazole rings is 1. The number of sulfonamides is 1. The van der Waals surface area contributed by atoms with Crippen LogP contribution in [-0.2, 0) is 10.0 Å². The molecule has 1 fully saturated rings. The van der Waals surface area contributed by atoms with Crippen LogP contribution in [0, 0.1) is 6.92 Å². The summed E-state index contributed by atoms with van der Waals surface area (Å²) in [6.45, 7) is 1.71. The first-order valence-electron chi connectivity index (χ1n) is 6.40. The highest BCUT2D eigenvalue weighted by Crippen LogP contribution is 2.41. The first-order valence-corrected chi connectivity index (χ1v) is 9.15. The predicted octanol–water partition coefficient (Wildman–Crippen LogP) is 3.37. The van der Waals surface area contributed by atoms with Crippen molar-refractivity contribution in [2.24, 2.45) is 0 Å². The molecule has 1 aliphatic carbocycles. The number of nitrogens with two attached hydrogens (primary N) is 1. The summed E-state index contributed by atoms with van der Waals surface area (Å²) in [7, 11) is -3.71. The summed E-state index contributed by atoms with van der Waals surface area (Å²) in [5, 5.41) is 2.65. The lowest BCUT2D eigenvalue weighted by Crippen LogP contribution is -2.13. The lowest BCUT2D eigenvalue weighted by molar-refractivity contribution is 0.601. The smallest absolute Gasteiger partial charge is 0.263 e. The standard InChI is InChI=1S/C13H14ClN3O2S2/c1-7-4-9(5-10(15)12(7)14)21(18,19)17-13-16-11(6-20-13)8-2-3-8/h4-6,8H,2-3,15H2,1H3,(H,16,17). The van der Waals surface area contributed by atoms with E-state index in [1.807, 2.05) is 5.38 Å². The van der Waals surface area contributed by atoms with Crippen LogP contribution in [0.4, 0.5) is 10.8 Å². The van der Waals surface area contributed by atoms with Gasteiger partial charge in [-0.2, -0.15) is 0 Å². The molecule has 0 radical (unpaired) electrons. The molecule has 0 unspecified atom stereocenters. The minimum absolute atomic E-state index is 0.0880. The average molecular weight is 344 g/mol. The number of hydrogen-bond acceptors (Lipinski definition) is 5. The van der Waals surface area contributed by atoms with Gasteiger partial charge in [0.05, 0.1) is 21.3 Å². The molecule has 1 saturated carbocycles. The molecule has 112 valence electrons. The molecule has 0 bridgehead atoms. The van der Waals surface area contributed by atoms with E-state index in [-0.39, 0.29) is 10.6 Å². The molecule has 5 nitrogen and oxygen atoms in total. The van der Waals surface area contributed by atoms with Crippen molar-refractivity contribution >= 4 is 43.8 Å². The van der Waals surface area contributed by atoms with E-state index in [1.54, 1.807) is 6.92 Å². The van der Waals surface area contributed by atoms with Gasteiger partial charge in [0.25, 0.3) is 10.0 Å². The van der Waals surface area contributed by atoms with E-state index in [0.717, 1.165) is 18.5 Å². The molecule has 0 spiro atoms. The van der Waals surface area contributed by atoms with Crippen molar-refractivity contribution < 1.29 is 8.42 Å². The van der Waals surface area contributed by atoms with Crippen LogP contribution in [0.2, 0.25) is 5.02 Å². The Morgan fingerprint density at radius 2 is 2.14 bits per heavy atom. The quantitative estimate of drug-likeness (QED) is 0.833. The number of nitrogens with one attached hydrogen (secondary N) is 1. The molecule has 0 saturated heterocycles. The number of nitrogens with zero attached hydrogens (tertiary/aromatic N) is 1. The SMILES string of the molecule is Cc1cc(S(=O)(=O)Nc2nc(C3CC3)cs2)cc(N)c1Cl. The van der Waals surface area contributed by atoms with Gasteiger partial charge in [-0.25, -0.2) is 13.4 Å². The largest absolute Gasteiger partial charge is 0.397 e. The van der Waals surface area contributed by atoms with Crippen LogP contribution in [-0.4, -0.2) is 13.4 Å². The summed E-state index contributed by atoms with van der Waals surface area (Å²) >= 11 is 7.25. The second-order valence-electron chi connectivity index (χ2n) is 5.10. The zero-order chi connectivity index (χ0) is 15.2. The highest BCUT2D eigenvalue weighted by atomic mass is 35.5. The molecule has 1 aromatic carbocycles. The maximum Gasteiger partial charge on any atom is 0.263 e. The van der Waals surface area contributed by atoms with Gasteiger partial charge in [0.15, 0.2) is 5.13 Å². The van der Waals surface area contributed by atoms with Gasteiger partial charge in [-0.05, 0) is 37.5 Å². The van der Waals surface area contributed by atoms with Crippen LogP contribution in [0.15, 0.2) is 22.4 Å². The molecule has 3 rings (SSSR count). The molecule has 0 aliphatic heterocycles. The van der Waals surface area contributed by atoms with Crippen LogP contribution in [0.1, 0.15) is 30.0 Å². The van der Waals surface area contributed by atoms with Gasteiger partial charge in [0.1, 0.15) is 0 Å². The molecule has 1 aliphatic rings. The fraction of sp³-hybridized carbons (Fsp3) is 0.308. The topological polar surface area (TPSA) is 85.1 Å². The summed E-state index contributed by atoms with van der Waals surface area (Å²) in [4.78, 5) is 4.40. The first-order chi connectivity index (χ1) is 9.87. The highest BCUT2D eigenvalue weighted by molar-refractivity contribution is 7.93. The monoisotopic (exact) mass is 343 g/mol. The minimum atomic E-state index is -3.71. The number of anilines is 2. The van der Waals surface area contributed by atoms with Crippen molar-refractivity contribution in [1.29, 1.82) is 0 Å². The van der Waals surface area contributed by atoms with Crippen molar-refractivity contribution in [3.05, 3.63) is 33.8 Å². The van der Waals surface area contributed by atoms with E-state index < -0.39 is 10.0 Å². The van der Waals surface area contributed by atoms with Crippen molar-refractivity contribution in [2.45, 2.75) is 30.6 Å². The fourth-order valence-corrected chi connectivity index (χ4v) is 4.27. The van der Waals surface area contributed by atoms with E-state index in [9.17, 15) is 8.42 Å². The number of benzene rings is 1. The van der Waals surface area contributed by atoms with Crippen molar-refractivity contribution in [1.82, 2.24) is 4.98 Å².